The number of nitrogens with one attached hydrogen (secondary N) is 1. The molecule has 0 bridgehead atoms. The molecule has 0 saturated heterocycles. The first-order valence-corrected chi connectivity index (χ1v) is 6.67. The Bertz CT molecular complexity index is 181. The Hall–Kier alpha value is -0.0800. The predicted molar refractivity (Wildman–Crippen MR) is 65.1 cm³/mol. The highest BCUT2D eigenvalue weighted by Crippen LogP contribution is 2.29. The molecule has 2 rings (SSSR count). The molecule has 0 aliphatic heterocycles. The van der Waals surface area contributed by atoms with Crippen LogP contribution in [-0.2, 0) is 0 Å². The summed E-state index contributed by atoms with van der Waals surface area (Å²) >= 11 is 0. The third-order valence-corrected chi connectivity index (χ3v) is 4.50. The highest BCUT2D eigenvalue weighted by molar-refractivity contribution is 4.83. The highest BCUT2D eigenvalue weighted by Gasteiger charge is 2.26. The van der Waals surface area contributed by atoms with Crippen LogP contribution in [0.3, 0.4) is 0 Å². The Balaban J connectivity index is 1.69. The zero-order valence-electron chi connectivity index (χ0n) is 10.3. The monoisotopic (exact) mass is 210 g/mol. The van der Waals surface area contributed by atoms with Crippen LogP contribution < -0.4 is 5.32 Å². The van der Waals surface area contributed by atoms with Crippen molar-refractivity contribution in [3.8, 4) is 0 Å². The van der Waals surface area contributed by atoms with Crippen molar-refractivity contribution in [1.82, 2.24) is 10.2 Å². The van der Waals surface area contributed by atoms with Crippen molar-refractivity contribution < 1.29 is 0 Å². The highest BCUT2D eigenvalue weighted by atomic mass is 15.1. The van der Waals surface area contributed by atoms with Gasteiger partial charge in [-0.25, -0.2) is 0 Å². The van der Waals surface area contributed by atoms with E-state index in [0.29, 0.717) is 0 Å². The van der Waals surface area contributed by atoms with Crippen LogP contribution in [0, 0.1) is 5.92 Å². The lowest BCUT2D eigenvalue weighted by atomic mass is 9.84. The second-order valence-electron chi connectivity index (χ2n) is 5.53. The molecule has 0 heterocycles. The molecule has 2 fully saturated rings. The fraction of sp³-hybridized carbons (Fsp3) is 1.00. The standard InChI is InChI=1S/C13H26N2/c1-14-12-6-8-13(9-7-12)15(2)10-11-4-3-5-11/h11-14H,3-10H2,1-2H3. The average Bonchev–Trinajstić information content (AvgIpc) is 2.23. The van der Waals surface area contributed by atoms with Gasteiger partial charge in [-0.1, -0.05) is 6.42 Å². The third-order valence-electron chi connectivity index (χ3n) is 4.50. The molecule has 2 aliphatic carbocycles. The topological polar surface area (TPSA) is 15.3 Å². The van der Waals surface area contributed by atoms with Gasteiger partial charge in [0.15, 0.2) is 0 Å². The van der Waals surface area contributed by atoms with Gasteiger partial charge in [0.05, 0.1) is 0 Å². The van der Waals surface area contributed by atoms with Crippen LogP contribution >= 0.6 is 0 Å². The van der Waals surface area contributed by atoms with Gasteiger partial charge >= 0.3 is 0 Å². The molecule has 2 heteroatoms. The summed E-state index contributed by atoms with van der Waals surface area (Å²) in [6, 6.07) is 1.66. The Kier molecular flexibility index (Phi) is 4.04. The molecule has 0 aromatic carbocycles. The summed E-state index contributed by atoms with van der Waals surface area (Å²) in [5, 5.41) is 3.41. The molecule has 88 valence electrons. The lowest BCUT2D eigenvalue weighted by Crippen LogP contribution is -2.42. The summed E-state index contributed by atoms with van der Waals surface area (Å²) in [6.45, 7) is 1.36. The maximum absolute atomic E-state index is 3.41. The maximum Gasteiger partial charge on any atom is 0.00934 e. The lowest BCUT2D eigenvalue weighted by molar-refractivity contribution is 0.128. The van der Waals surface area contributed by atoms with Gasteiger partial charge in [-0.3, -0.25) is 0 Å². The van der Waals surface area contributed by atoms with Crippen LogP contribution in [0.4, 0.5) is 0 Å². The molecular weight excluding hydrogens is 184 g/mol. The summed E-state index contributed by atoms with van der Waals surface area (Å²) in [4.78, 5) is 2.63. The molecular formula is C13H26N2. The lowest BCUT2D eigenvalue weighted by Gasteiger charge is -2.38. The van der Waals surface area contributed by atoms with Crippen molar-refractivity contribution in [2.24, 2.45) is 5.92 Å². The second-order valence-corrected chi connectivity index (χ2v) is 5.53. The maximum atomic E-state index is 3.41. The molecule has 0 amide bonds. The molecule has 1 N–H and O–H groups in total. The van der Waals surface area contributed by atoms with Crippen LogP contribution in [0.5, 0.6) is 0 Å². The van der Waals surface area contributed by atoms with Crippen molar-refractivity contribution in [2.45, 2.75) is 57.0 Å². The first kappa shape index (κ1) is 11.4. The molecule has 0 radical (unpaired) electrons. The van der Waals surface area contributed by atoms with Gasteiger partial charge in [-0.15, -0.1) is 0 Å². The first-order chi connectivity index (χ1) is 7.29. The number of nitrogens with zero attached hydrogens (tertiary/aromatic N) is 1. The van der Waals surface area contributed by atoms with Crippen molar-refractivity contribution in [3.63, 3.8) is 0 Å². The third kappa shape index (κ3) is 2.94. The summed E-state index contributed by atoms with van der Waals surface area (Å²) < 4.78 is 0. The second kappa shape index (κ2) is 5.31. The van der Waals surface area contributed by atoms with Gasteiger partial charge in [0, 0.05) is 18.6 Å². The van der Waals surface area contributed by atoms with Gasteiger partial charge in [0.2, 0.25) is 0 Å². The van der Waals surface area contributed by atoms with Gasteiger partial charge in [0.1, 0.15) is 0 Å². The van der Waals surface area contributed by atoms with E-state index in [2.05, 4.69) is 24.3 Å². The predicted octanol–water partition coefficient (Wildman–Crippen LogP) is 2.25. The van der Waals surface area contributed by atoms with Crippen LogP contribution in [0.15, 0.2) is 0 Å². The van der Waals surface area contributed by atoms with Crippen LogP contribution in [0.25, 0.3) is 0 Å². The van der Waals surface area contributed by atoms with Crippen molar-refractivity contribution in [2.75, 3.05) is 20.6 Å². The van der Waals surface area contributed by atoms with E-state index in [0.717, 1.165) is 18.0 Å². The van der Waals surface area contributed by atoms with Crippen LogP contribution in [-0.4, -0.2) is 37.6 Å². The van der Waals surface area contributed by atoms with E-state index in [1.165, 1.54) is 51.5 Å². The smallest absolute Gasteiger partial charge is 0.00934 e. The summed E-state index contributed by atoms with van der Waals surface area (Å²) in [7, 11) is 4.44. The zero-order valence-corrected chi connectivity index (χ0v) is 10.3. The van der Waals surface area contributed by atoms with Gasteiger partial charge < -0.3 is 10.2 Å². The molecule has 2 aliphatic rings. The quantitative estimate of drug-likeness (QED) is 0.765. The molecule has 0 spiro atoms. The molecule has 2 nitrogen and oxygen atoms in total. The molecule has 0 unspecified atom stereocenters. The minimum atomic E-state index is 0.790. The van der Waals surface area contributed by atoms with Gasteiger partial charge in [0.25, 0.3) is 0 Å². The molecule has 2 saturated carbocycles. The van der Waals surface area contributed by atoms with E-state index in [9.17, 15) is 0 Å². The molecule has 0 aromatic rings. The zero-order chi connectivity index (χ0) is 10.7. The molecule has 0 atom stereocenters. The van der Waals surface area contributed by atoms with Crippen LogP contribution in [0.2, 0.25) is 0 Å². The van der Waals surface area contributed by atoms with Crippen molar-refractivity contribution >= 4 is 0 Å². The molecule has 15 heavy (non-hydrogen) atoms. The van der Waals surface area contributed by atoms with E-state index in [1.54, 1.807) is 0 Å². The Morgan fingerprint density at radius 1 is 1.07 bits per heavy atom. The first-order valence-electron chi connectivity index (χ1n) is 6.67. The summed E-state index contributed by atoms with van der Waals surface area (Å²) in [5.74, 6) is 1.03. The summed E-state index contributed by atoms with van der Waals surface area (Å²) in [6.07, 6.45) is 9.98. The largest absolute Gasteiger partial charge is 0.317 e. The fourth-order valence-electron chi connectivity index (χ4n) is 3.04. The van der Waals surface area contributed by atoms with Crippen molar-refractivity contribution in [1.29, 1.82) is 0 Å². The molecule has 0 aromatic heterocycles. The normalized spacial score (nSPS) is 33.0. The average molecular weight is 210 g/mol. The fourth-order valence-corrected chi connectivity index (χ4v) is 3.04. The number of hydrogen-bond donors (Lipinski definition) is 1. The van der Waals surface area contributed by atoms with Gasteiger partial charge in [-0.2, -0.15) is 0 Å². The van der Waals surface area contributed by atoms with E-state index in [4.69, 9.17) is 0 Å². The number of rotatable bonds is 4. The van der Waals surface area contributed by atoms with E-state index < -0.39 is 0 Å². The van der Waals surface area contributed by atoms with E-state index >= 15 is 0 Å². The SMILES string of the molecule is CNC1CCC(N(C)CC2CCC2)CC1. The minimum absolute atomic E-state index is 0.790. The van der Waals surface area contributed by atoms with Gasteiger partial charge in [-0.05, 0) is 58.5 Å². The Labute approximate surface area is 94.4 Å². The van der Waals surface area contributed by atoms with E-state index in [1.807, 2.05) is 0 Å². The number of hydrogen-bond acceptors (Lipinski definition) is 2. The van der Waals surface area contributed by atoms with Crippen LogP contribution in [0.1, 0.15) is 44.9 Å². The Morgan fingerprint density at radius 3 is 2.20 bits per heavy atom. The Morgan fingerprint density at radius 2 is 1.73 bits per heavy atom. The summed E-state index contributed by atoms with van der Waals surface area (Å²) in [5.41, 5.74) is 0. The van der Waals surface area contributed by atoms with E-state index in [-0.39, 0.29) is 0 Å². The van der Waals surface area contributed by atoms with Crippen molar-refractivity contribution in [3.05, 3.63) is 0 Å². The minimum Gasteiger partial charge on any atom is -0.317 e.